The van der Waals surface area contributed by atoms with Gasteiger partial charge < -0.3 is 9.73 Å². The highest BCUT2D eigenvalue weighted by atomic mass is 16.4. The highest BCUT2D eigenvalue weighted by Crippen LogP contribution is 2.29. The summed E-state index contributed by atoms with van der Waals surface area (Å²) in [6.07, 6.45) is 3.59. The molecule has 1 saturated carbocycles. The highest BCUT2D eigenvalue weighted by Gasteiger charge is 2.34. The van der Waals surface area contributed by atoms with E-state index in [9.17, 15) is 9.59 Å². The number of H-pyrrole nitrogens is 1. The molecule has 6 nitrogen and oxygen atoms in total. The van der Waals surface area contributed by atoms with Gasteiger partial charge in [-0.15, -0.1) is 0 Å². The van der Waals surface area contributed by atoms with Crippen molar-refractivity contribution in [1.82, 2.24) is 15.2 Å². The lowest BCUT2D eigenvalue weighted by atomic mass is 10.1. The molecule has 1 aromatic heterocycles. The predicted octanol–water partition coefficient (Wildman–Crippen LogP) is 1.09. The molecule has 2 N–H and O–H groups in total. The Balaban J connectivity index is 1.46. The Kier molecular flexibility index (Phi) is 2.85. The van der Waals surface area contributed by atoms with E-state index < -0.39 is 5.76 Å². The third kappa shape index (κ3) is 2.47. The van der Waals surface area contributed by atoms with Gasteiger partial charge in [-0.1, -0.05) is 0 Å². The second-order valence-electron chi connectivity index (χ2n) is 5.91. The number of nitrogens with zero attached hydrogens (tertiary/aromatic N) is 1. The van der Waals surface area contributed by atoms with Crippen molar-refractivity contribution in [2.75, 3.05) is 13.1 Å². The van der Waals surface area contributed by atoms with Crippen LogP contribution in [0.4, 0.5) is 0 Å². The molecule has 0 spiro atoms. The van der Waals surface area contributed by atoms with Crippen molar-refractivity contribution >= 4 is 17.0 Å². The summed E-state index contributed by atoms with van der Waals surface area (Å²) in [5.41, 5.74) is 1.55. The van der Waals surface area contributed by atoms with Crippen LogP contribution in [0.2, 0.25) is 0 Å². The molecule has 2 aliphatic rings. The number of benzene rings is 1. The average molecular weight is 287 g/mol. The Morgan fingerprint density at radius 2 is 2.19 bits per heavy atom. The third-order valence-electron chi connectivity index (χ3n) is 4.30. The van der Waals surface area contributed by atoms with Gasteiger partial charge in [0.25, 0.3) is 5.91 Å². The Hall–Kier alpha value is -2.08. The molecule has 1 saturated heterocycles. The first-order valence-electron chi connectivity index (χ1n) is 7.37. The maximum atomic E-state index is 12.3. The smallest absolute Gasteiger partial charge is 0.408 e. The Morgan fingerprint density at radius 3 is 3.00 bits per heavy atom. The minimum atomic E-state index is -0.501. The second kappa shape index (κ2) is 4.73. The van der Waals surface area contributed by atoms with Crippen LogP contribution >= 0.6 is 0 Å². The zero-order valence-corrected chi connectivity index (χ0v) is 11.6. The number of carbonyl (C=O) groups is 1. The molecule has 1 aliphatic carbocycles. The minimum absolute atomic E-state index is 0.108. The molecule has 4 rings (SSSR count). The van der Waals surface area contributed by atoms with Crippen LogP contribution in [0.25, 0.3) is 11.1 Å². The summed E-state index contributed by atoms with van der Waals surface area (Å²) in [4.78, 5) is 28.4. The lowest BCUT2D eigenvalue weighted by Gasteiger charge is -2.15. The molecule has 1 atom stereocenters. The van der Waals surface area contributed by atoms with Crippen LogP contribution in [0.1, 0.15) is 29.6 Å². The first-order chi connectivity index (χ1) is 10.2. The van der Waals surface area contributed by atoms with E-state index in [4.69, 9.17) is 4.42 Å². The Morgan fingerprint density at radius 1 is 1.33 bits per heavy atom. The third-order valence-corrected chi connectivity index (χ3v) is 4.30. The van der Waals surface area contributed by atoms with Gasteiger partial charge in [0.2, 0.25) is 0 Å². The van der Waals surface area contributed by atoms with E-state index in [2.05, 4.69) is 15.2 Å². The fourth-order valence-electron chi connectivity index (χ4n) is 3.03. The van der Waals surface area contributed by atoms with E-state index in [-0.39, 0.29) is 11.9 Å². The normalized spacial score (nSPS) is 22.8. The number of likely N-dealkylation sites (tertiary alicyclic amines) is 1. The van der Waals surface area contributed by atoms with Crippen LogP contribution in [0.3, 0.4) is 0 Å². The number of oxazole rings is 1. The van der Waals surface area contributed by atoms with Crippen LogP contribution in [-0.4, -0.2) is 41.0 Å². The molecule has 21 heavy (non-hydrogen) atoms. The molecule has 110 valence electrons. The van der Waals surface area contributed by atoms with Gasteiger partial charge in [-0.3, -0.25) is 14.7 Å². The molecule has 1 amide bonds. The molecule has 0 bridgehead atoms. The van der Waals surface area contributed by atoms with E-state index in [1.54, 1.807) is 18.2 Å². The Labute approximate surface area is 121 Å². The van der Waals surface area contributed by atoms with Gasteiger partial charge in [-0.25, -0.2) is 4.79 Å². The first-order valence-corrected chi connectivity index (χ1v) is 7.37. The number of aromatic amines is 1. The first kappa shape index (κ1) is 12.6. The summed E-state index contributed by atoms with van der Waals surface area (Å²) >= 11 is 0. The van der Waals surface area contributed by atoms with Crippen LogP contribution in [0.15, 0.2) is 27.4 Å². The molecular formula is C15H17N3O3. The van der Waals surface area contributed by atoms with Crippen molar-refractivity contribution < 1.29 is 9.21 Å². The quantitative estimate of drug-likeness (QED) is 0.885. The Bertz CT molecular complexity index is 744. The van der Waals surface area contributed by atoms with Gasteiger partial charge in [0.15, 0.2) is 5.58 Å². The monoisotopic (exact) mass is 287 g/mol. The van der Waals surface area contributed by atoms with Crippen LogP contribution in [-0.2, 0) is 0 Å². The van der Waals surface area contributed by atoms with Crippen molar-refractivity contribution in [2.24, 2.45) is 0 Å². The summed E-state index contributed by atoms with van der Waals surface area (Å²) in [6.45, 7) is 2.01. The number of rotatable bonds is 3. The molecular weight excluding hydrogens is 270 g/mol. The fourth-order valence-corrected chi connectivity index (χ4v) is 3.03. The standard InChI is InChI=1S/C15H17N3O3/c19-14(16-10-5-6-18(8-10)11-2-3-11)9-1-4-12-13(7-9)21-15(20)17-12/h1,4,7,10-11H,2-3,5-6,8H2,(H,16,19)(H,17,20)/t10-/m1/s1. The van der Waals surface area contributed by atoms with Crippen molar-refractivity contribution in [1.29, 1.82) is 0 Å². The van der Waals surface area contributed by atoms with Crippen LogP contribution in [0, 0.1) is 0 Å². The number of hydrogen-bond donors (Lipinski definition) is 2. The molecule has 0 unspecified atom stereocenters. The van der Waals surface area contributed by atoms with Crippen molar-refractivity contribution in [3.8, 4) is 0 Å². The molecule has 0 radical (unpaired) electrons. The topological polar surface area (TPSA) is 78.3 Å². The summed E-state index contributed by atoms with van der Waals surface area (Å²) < 4.78 is 4.99. The maximum Gasteiger partial charge on any atom is 0.417 e. The zero-order valence-electron chi connectivity index (χ0n) is 11.6. The molecule has 2 aromatic rings. The molecule has 1 aromatic carbocycles. The van der Waals surface area contributed by atoms with E-state index in [1.165, 1.54) is 12.8 Å². The van der Waals surface area contributed by atoms with Crippen LogP contribution < -0.4 is 11.1 Å². The summed E-state index contributed by atoms with van der Waals surface area (Å²) in [6, 6.07) is 5.97. The van der Waals surface area contributed by atoms with Gasteiger partial charge in [-0.2, -0.15) is 0 Å². The summed E-state index contributed by atoms with van der Waals surface area (Å²) in [5, 5.41) is 3.07. The SMILES string of the molecule is O=C(N[C@@H]1CCN(C2CC2)C1)c1ccc2[nH]c(=O)oc2c1. The van der Waals surface area contributed by atoms with Crippen molar-refractivity contribution in [2.45, 2.75) is 31.3 Å². The lowest BCUT2D eigenvalue weighted by molar-refractivity contribution is 0.0937. The van der Waals surface area contributed by atoms with Gasteiger partial charge in [-0.05, 0) is 37.5 Å². The van der Waals surface area contributed by atoms with E-state index in [1.807, 2.05) is 0 Å². The van der Waals surface area contributed by atoms with Crippen molar-refractivity contribution in [3.63, 3.8) is 0 Å². The molecule has 2 fully saturated rings. The summed E-state index contributed by atoms with van der Waals surface area (Å²) in [7, 11) is 0. The van der Waals surface area contributed by atoms with Crippen LogP contribution in [0.5, 0.6) is 0 Å². The maximum absolute atomic E-state index is 12.3. The van der Waals surface area contributed by atoms with E-state index >= 15 is 0 Å². The van der Waals surface area contributed by atoms with E-state index in [0.717, 1.165) is 25.6 Å². The number of amides is 1. The summed E-state index contributed by atoms with van der Waals surface area (Å²) in [5.74, 6) is -0.609. The number of hydrogen-bond acceptors (Lipinski definition) is 4. The fraction of sp³-hybridized carbons (Fsp3) is 0.467. The molecule has 1 aliphatic heterocycles. The number of fused-ring (bicyclic) bond motifs is 1. The average Bonchev–Trinajstić information content (AvgIpc) is 3.09. The number of aromatic nitrogens is 1. The van der Waals surface area contributed by atoms with Gasteiger partial charge in [0.1, 0.15) is 0 Å². The van der Waals surface area contributed by atoms with E-state index in [0.29, 0.717) is 16.7 Å². The molecule has 2 heterocycles. The van der Waals surface area contributed by atoms with Crippen molar-refractivity contribution in [3.05, 3.63) is 34.3 Å². The van der Waals surface area contributed by atoms with Gasteiger partial charge >= 0.3 is 5.76 Å². The predicted molar refractivity (Wildman–Crippen MR) is 77.3 cm³/mol. The van der Waals surface area contributed by atoms with Gasteiger partial charge in [0, 0.05) is 30.7 Å². The molecule has 6 heteroatoms. The number of nitrogens with one attached hydrogen (secondary N) is 2. The lowest BCUT2D eigenvalue weighted by Crippen LogP contribution is -2.37. The van der Waals surface area contributed by atoms with Gasteiger partial charge in [0.05, 0.1) is 5.52 Å². The zero-order chi connectivity index (χ0) is 14.4. The second-order valence-corrected chi connectivity index (χ2v) is 5.91. The largest absolute Gasteiger partial charge is 0.417 e. The highest BCUT2D eigenvalue weighted by molar-refractivity contribution is 5.97. The minimum Gasteiger partial charge on any atom is -0.408 e. The number of carbonyl (C=O) groups excluding carboxylic acids is 1.